The number of hydrogen-bond acceptors (Lipinski definition) is 5. The molecular weight excluding hydrogens is 251 g/mol. The number of nitrogens with zero attached hydrogens (tertiary/aromatic N) is 1. The van der Waals surface area contributed by atoms with Gasteiger partial charge in [-0.2, -0.15) is 0 Å². The second-order valence-electron chi connectivity index (χ2n) is 1.18. The second kappa shape index (κ2) is 29.5. The molecule has 0 saturated heterocycles. The van der Waals surface area contributed by atoms with Crippen LogP contribution >= 0.6 is 0 Å². The molecule has 9 heteroatoms. The van der Waals surface area contributed by atoms with E-state index in [0.717, 1.165) is 0 Å². The summed E-state index contributed by atoms with van der Waals surface area (Å²) in [6.45, 7) is 7.67. The van der Waals surface area contributed by atoms with Crippen LogP contribution in [-0.4, -0.2) is 33.2 Å². The quantitative estimate of drug-likeness (QED) is 0.346. The van der Waals surface area contributed by atoms with Crippen LogP contribution in [0.4, 0.5) is 0 Å². The first-order valence-corrected chi connectivity index (χ1v) is 3.04. The summed E-state index contributed by atoms with van der Waals surface area (Å²) in [5, 5.41) is 21.9. The number of rotatable bonds is 0. The minimum absolute atomic E-state index is 0. The molecule has 0 saturated carbocycles. The standard InChI is InChI=1S/3C2H3O2.Mn.H3N.N/c3*1-2(3)4;;;/h3*1H2,(H,3,4);;1H3;/q3*-1;;;. The van der Waals surface area contributed by atoms with E-state index in [1.165, 1.54) is 0 Å². The molecule has 0 heterocycles. The van der Waals surface area contributed by atoms with Crippen LogP contribution in [0.15, 0.2) is 0 Å². The summed E-state index contributed by atoms with van der Waals surface area (Å²) in [6.07, 6.45) is 0. The molecule has 0 rings (SSSR count). The van der Waals surface area contributed by atoms with E-state index in [9.17, 15) is 0 Å². The zero-order valence-electron chi connectivity index (χ0n) is 7.72. The van der Waals surface area contributed by atoms with Gasteiger partial charge < -0.3 is 21.5 Å². The molecule has 0 fully saturated rings. The van der Waals surface area contributed by atoms with E-state index in [4.69, 9.17) is 33.9 Å². The van der Waals surface area contributed by atoms with Crippen molar-refractivity contribution in [2.24, 2.45) is 0 Å². The molecule has 0 amide bonds. The van der Waals surface area contributed by atoms with Crippen LogP contribution in [0.5, 0.6) is 0 Å². The summed E-state index contributed by atoms with van der Waals surface area (Å²) in [4.78, 5) is 26.7. The number of hydrogen-bond donors (Lipinski definition) is 4. The van der Waals surface area contributed by atoms with Crippen molar-refractivity contribution in [3.05, 3.63) is 20.8 Å². The van der Waals surface area contributed by atoms with Crippen LogP contribution in [0.1, 0.15) is 0 Å². The summed E-state index contributed by atoms with van der Waals surface area (Å²) >= 11 is 1.94. The SMILES string of the molecule is N.[CH2-]C(=O)O.[CH2-]C(=O)O.[CH2-]C(=O)O.[N]#[Mn]. The van der Waals surface area contributed by atoms with Crippen molar-refractivity contribution in [2.45, 2.75) is 0 Å². The molecule has 0 aromatic carbocycles. The molecule has 8 nitrogen and oxygen atoms in total. The zero-order chi connectivity index (χ0) is 12.7. The number of aliphatic carboxylic acids is 3. The number of carbonyl (C=O) groups is 3. The maximum atomic E-state index is 8.89. The van der Waals surface area contributed by atoms with Gasteiger partial charge in [0.1, 0.15) is 0 Å². The fourth-order valence-corrected chi connectivity index (χ4v) is 0. The summed E-state index contributed by atoms with van der Waals surface area (Å²) < 4.78 is 6.81. The summed E-state index contributed by atoms with van der Waals surface area (Å²) in [5.74, 6) is -3.25. The van der Waals surface area contributed by atoms with Crippen molar-refractivity contribution in [3.63, 3.8) is 0 Å². The van der Waals surface area contributed by atoms with Gasteiger partial charge in [-0.05, 0) is 0 Å². The molecule has 0 aromatic heterocycles. The Morgan fingerprint density at radius 3 is 0.800 bits per heavy atom. The Kier molecular flexibility index (Phi) is 57.5. The molecule has 0 spiro atoms. The van der Waals surface area contributed by atoms with Gasteiger partial charge >= 0.3 is 19.8 Å². The van der Waals surface area contributed by atoms with Crippen LogP contribution in [0.3, 0.4) is 0 Å². The van der Waals surface area contributed by atoms with Crippen molar-refractivity contribution >= 4 is 17.9 Å². The van der Waals surface area contributed by atoms with Crippen LogP contribution in [-0.2, 0) is 30.0 Å². The molecule has 0 aliphatic carbocycles. The molecule has 0 aliphatic rings. The van der Waals surface area contributed by atoms with Crippen molar-refractivity contribution in [3.8, 4) is 0 Å². The number of carboxylic acids is 3. The van der Waals surface area contributed by atoms with E-state index in [-0.39, 0.29) is 6.15 Å². The fourth-order valence-electron chi connectivity index (χ4n) is 0. The van der Waals surface area contributed by atoms with E-state index in [2.05, 4.69) is 20.8 Å². The third kappa shape index (κ3) is 397. The van der Waals surface area contributed by atoms with Crippen LogP contribution in [0.2, 0.25) is 0 Å². The van der Waals surface area contributed by atoms with Gasteiger partial charge in [-0.1, -0.05) is 0 Å². The predicted octanol–water partition coefficient (Wildman–Crippen LogP) is -0.110. The predicted molar refractivity (Wildman–Crippen MR) is 45.7 cm³/mol. The van der Waals surface area contributed by atoms with Gasteiger partial charge in [0.05, 0.1) is 0 Å². The summed E-state index contributed by atoms with van der Waals surface area (Å²) in [7, 11) is 0. The first kappa shape index (κ1) is 29.2. The van der Waals surface area contributed by atoms with Crippen LogP contribution < -0.4 is 6.15 Å². The third-order valence-corrected chi connectivity index (χ3v) is 0. The normalized spacial score (nSPS) is 5.00. The Bertz CT molecular complexity index is 153. The molecule has 15 heavy (non-hydrogen) atoms. The Labute approximate surface area is 94.9 Å². The maximum absolute atomic E-state index is 8.89. The van der Waals surface area contributed by atoms with E-state index in [0.29, 0.717) is 0 Å². The summed E-state index contributed by atoms with van der Waals surface area (Å²) in [6, 6.07) is 0. The van der Waals surface area contributed by atoms with Gasteiger partial charge in [-0.3, -0.25) is 35.2 Å². The number of carboxylic acid groups (broad SMARTS) is 3. The van der Waals surface area contributed by atoms with Crippen LogP contribution in [0.25, 0.3) is 0 Å². The minimum atomic E-state index is -1.08. The van der Waals surface area contributed by atoms with Crippen molar-refractivity contribution < 1.29 is 45.3 Å². The Balaban J connectivity index is -0.0000000298. The molecule has 92 valence electrons. The molecule has 0 radical (unpaired) electrons. The average Bonchev–Trinajstić information content (AvgIpc) is 1.86. The van der Waals surface area contributed by atoms with Gasteiger partial charge in [0.15, 0.2) is 17.9 Å². The molecule has 0 aromatic rings. The van der Waals surface area contributed by atoms with Gasteiger partial charge in [0.25, 0.3) is 0 Å². The van der Waals surface area contributed by atoms with Crippen molar-refractivity contribution in [2.75, 3.05) is 0 Å². The van der Waals surface area contributed by atoms with Crippen molar-refractivity contribution in [1.29, 1.82) is 4.20 Å². The molecule has 0 atom stereocenters. The first-order chi connectivity index (χ1) is 6.20. The Hall–Kier alpha value is -1.79. The second-order valence-corrected chi connectivity index (χ2v) is 1.18. The topological polar surface area (TPSA) is 171 Å². The van der Waals surface area contributed by atoms with E-state index in [1.54, 1.807) is 0 Å². The molecule has 0 unspecified atom stereocenters. The Morgan fingerprint density at radius 1 is 0.800 bits per heavy atom. The first-order valence-electron chi connectivity index (χ1n) is 2.51. The molecule has 0 aliphatic heterocycles. The van der Waals surface area contributed by atoms with Gasteiger partial charge in [-0.25, -0.2) is 0 Å². The van der Waals surface area contributed by atoms with Crippen molar-refractivity contribution in [1.82, 2.24) is 6.15 Å². The van der Waals surface area contributed by atoms with Crippen LogP contribution in [0, 0.1) is 25.0 Å². The fraction of sp³-hybridized carbons (Fsp3) is 0. The van der Waals surface area contributed by atoms with E-state index >= 15 is 0 Å². The zero-order valence-corrected chi connectivity index (χ0v) is 8.90. The van der Waals surface area contributed by atoms with Gasteiger partial charge in [0.2, 0.25) is 0 Å². The average molecular weight is 263 g/mol. The van der Waals surface area contributed by atoms with E-state index < -0.39 is 17.9 Å². The molecular formula is C6H12MnN2O6-3. The summed E-state index contributed by atoms with van der Waals surface area (Å²) in [5.41, 5.74) is 0. The molecule has 6 N–H and O–H groups in total. The third-order valence-electron chi connectivity index (χ3n) is 0. The van der Waals surface area contributed by atoms with Gasteiger partial charge in [-0.15, -0.1) is 0 Å². The van der Waals surface area contributed by atoms with Gasteiger partial charge in [0, 0.05) is 0 Å². The Morgan fingerprint density at radius 2 is 0.800 bits per heavy atom. The van der Waals surface area contributed by atoms with E-state index in [1.807, 2.05) is 15.6 Å². The molecule has 0 bridgehead atoms. The monoisotopic (exact) mass is 263 g/mol.